The van der Waals surface area contributed by atoms with Gasteiger partial charge in [-0.3, -0.25) is 71.9 Å². The largest absolute Gasteiger partial charge is 0.508 e. The Bertz CT molecular complexity index is 2520. The van der Waals surface area contributed by atoms with Gasteiger partial charge in [-0.1, -0.05) is 12.1 Å². The van der Waals surface area contributed by atoms with Crippen LogP contribution in [0.25, 0.3) is 0 Å². The molecule has 2 rings (SSSR count). The molecule has 0 bridgehead atoms. The highest BCUT2D eigenvalue weighted by Gasteiger charge is 2.41. The second-order valence-corrected chi connectivity index (χ2v) is 18.0. The normalized spacial score (nSPS) is 15.7. The standard InChI is InChI=1S/C46H61N9O25/c47-22(17-35(65)66)38(71)48-23(7-11-31(57)58)39(72)49-25(9-13-33(61)62)41(74)53-28(18-36(67)68)43(76)52-27(16-20-3-5-21(56)6-4-20)42(75)50-24(8-12-32(59)60)40(73)51-26(10-14-34(63)64)45(78)55-15-1-2-30(55)44(77)54-29(46(79)80)19-37(69)70/h3-6,22-30,56H,1-2,7-19,47H2,(H,48,71)(H,49,72)(H,50,75)(H,51,73)(H,52,76)(H,53,74)(H,54,77)(H,57,58)(H,59,60)(H,61,62)(H,63,64)(H,65,66)(H,67,68)(H,69,70)(H,79,80)/t22-,23-,24-,25-,26-,27-,28-,29-,30-/m0/s1. The van der Waals surface area contributed by atoms with Crippen molar-refractivity contribution in [1.82, 2.24) is 42.1 Å². The summed E-state index contributed by atoms with van der Waals surface area (Å²) in [4.78, 5) is 203. The minimum atomic E-state index is -2.23. The zero-order chi connectivity index (χ0) is 60.6. The van der Waals surface area contributed by atoms with Crippen molar-refractivity contribution < 1.29 is 123 Å². The second kappa shape index (κ2) is 32.3. The summed E-state index contributed by atoms with van der Waals surface area (Å²) in [6, 6.07) is -12.3. The third kappa shape index (κ3) is 23.8. The van der Waals surface area contributed by atoms with Gasteiger partial charge in [-0.15, -0.1) is 0 Å². The number of phenols is 1. The molecule has 18 N–H and O–H groups in total. The molecule has 80 heavy (non-hydrogen) atoms. The first-order valence-corrected chi connectivity index (χ1v) is 24.1. The number of nitrogens with two attached hydrogens (primary N) is 1. The van der Waals surface area contributed by atoms with Crippen molar-refractivity contribution in [1.29, 1.82) is 0 Å². The molecule has 0 aromatic heterocycles. The summed E-state index contributed by atoms with van der Waals surface area (Å²) in [7, 11) is 0. The number of aromatic hydroxyl groups is 1. The van der Waals surface area contributed by atoms with Gasteiger partial charge in [0.25, 0.3) is 0 Å². The Labute approximate surface area is 451 Å². The zero-order valence-electron chi connectivity index (χ0n) is 42.2. The Balaban J connectivity index is 2.56. The van der Waals surface area contributed by atoms with E-state index in [0.717, 1.165) is 17.0 Å². The Hall–Kier alpha value is -9.50. The summed E-state index contributed by atoms with van der Waals surface area (Å²) in [5.74, 6) is -23.5. The SMILES string of the molecule is N[C@@H](CC(=O)O)C(=O)N[C@@H](CCC(=O)O)C(=O)N[C@@H](CCC(=O)O)C(=O)N[C@@H](CC(=O)O)C(=O)N[C@@H](Cc1ccc(O)cc1)C(=O)N[C@@H](CCC(=O)O)C(=O)N[C@@H](CCC(=O)O)C(=O)N1CCC[C@H]1C(=O)N[C@@H](CC(=O)O)C(=O)O. The van der Waals surface area contributed by atoms with Gasteiger partial charge < -0.3 is 93.8 Å². The highest BCUT2D eigenvalue weighted by atomic mass is 16.4. The fourth-order valence-corrected chi connectivity index (χ4v) is 7.66. The number of carbonyl (C=O) groups is 16. The molecule has 0 saturated carbocycles. The molecule has 1 aromatic rings. The maximum absolute atomic E-state index is 14.3. The van der Waals surface area contributed by atoms with Crippen LogP contribution in [0.4, 0.5) is 0 Å². The van der Waals surface area contributed by atoms with E-state index in [0.29, 0.717) is 0 Å². The quantitative estimate of drug-likeness (QED) is 0.0298. The molecule has 34 heteroatoms. The number of carbonyl (C=O) groups excluding carboxylic acids is 8. The number of aliphatic carboxylic acids is 8. The van der Waals surface area contributed by atoms with E-state index >= 15 is 0 Å². The summed E-state index contributed by atoms with van der Waals surface area (Å²) < 4.78 is 0. The van der Waals surface area contributed by atoms with Crippen molar-refractivity contribution in [2.75, 3.05) is 6.54 Å². The summed E-state index contributed by atoms with van der Waals surface area (Å²) in [5.41, 5.74) is 5.69. The van der Waals surface area contributed by atoms with Gasteiger partial charge in [0.1, 0.15) is 54.1 Å². The second-order valence-electron chi connectivity index (χ2n) is 18.0. The van der Waals surface area contributed by atoms with E-state index in [1.54, 1.807) is 0 Å². The van der Waals surface area contributed by atoms with E-state index in [2.05, 4.69) is 21.3 Å². The predicted molar refractivity (Wildman–Crippen MR) is 260 cm³/mol. The van der Waals surface area contributed by atoms with Gasteiger partial charge in [0, 0.05) is 38.6 Å². The van der Waals surface area contributed by atoms with Crippen LogP contribution in [-0.4, -0.2) is 207 Å². The molecular formula is C46H61N9O25. The predicted octanol–water partition coefficient (Wildman–Crippen LogP) is -5.39. The van der Waals surface area contributed by atoms with Gasteiger partial charge in [0.2, 0.25) is 47.3 Å². The lowest BCUT2D eigenvalue weighted by Crippen LogP contribution is -2.61. The van der Waals surface area contributed by atoms with Gasteiger partial charge in [0.05, 0.1) is 25.3 Å². The minimum absolute atomic E-state index is 0.104. The molecule has 1 heterocycles. The lowest BCUT2D eigenvalue weighted by atomic mass is 10.0. The van der Waals surface area contributed by atoms with Crippen molar-refractivity contribution in [2.45, 2.75) is 144 Å². The highest BCUT2D eigenvalue weighted by molar-refractivity contribution is 5.99. The van der Waals surface area contributed by atoms with Crippen molar-refractivity contribution in [3.63, 3.8) is 0 Å². The molecule has 0 radical (unpaired) electrons. The molecule has 8 amide bonds. The average molecular weight is 1140 g/mol. The van der Waals surface area contributed by atoms with Crippen molar-refractivity contribution >= 4 is 95.0 Å². The number of benzene rings is 1. The first-order chi connectivity index (χ1) is 37.4. The van der Waals surface area contributed by atoms with Crippen LogP contribution < -0.4 is 43.0 Å². The van der Waals surface area contributed by atoms with E-state index in [1.807, 2.05) is 16.0 Å². The van der Waals surface area contributed by atoms with E-state index < -0.39 is 226 Å². The number of likely N-dealkylation sites (tertiary alicyclic amines) is 1. The Morgan fingerprint density at radius 3 is 1.24 bits per heavy atom. The summed E-state index contributed by atoms with van der Waals surface area (Å²) in [6.45, 7) is -0.215. The topological polar surface area (TPSA) is 569 Å². The number of nitrogens with zero attached hydrogens (tertiary/aromatic N) is 1. The highest BCUT2D eigenvalue weighted by Crippen LogP contribution is 2.21. The van der Waals surface area contributed by atoms with Crippen LogP contribution in [-0.2, 0) is 83.1 Å². The summed E-state index contributed by atoms with van der Waals surface area (Å²) in [6.07, 6.45) is -10.3. The van der Waals surface area contributed by atoms with Gasteiger partial charge in [-0.2, -0.15) is 0 Å². The summed E-state index contributed by atoms with van der Waals surface area (Å²) >= 11 is 0. The molecular weight excluding hydrogens is 1080 g/mol. The fraction of sp³-hybridized carbons (Fsp3) is 0.522. The number of carboxylic acids is 8. The van der Waals surface area contributed by atoms with Gasteiger partial charge in [0.15, 0.2) is 0 Å². The van der Waals surface area contributed by atoms with Crippen LogP contribution in [0.15, 0.2) is 24.3 Å². The fourth-order valence-electron chi connectivity index (χ4n) is 7.66. The van der Waals surface area contributed by atoms with Crippen LogP contribution in [0.2, 0.25) is 0 Å². The Morgan fingerprint density at radius 1 is 0.450 bits per heavy atom. The monoisotopic (exact) mass is 1140 g/mol. The van der Waals surface area contributed by atoms with Crippen molar-refractivity contribution in [3.8, 4) is 5.75 Å². The number of hydrogen-bond donors (Lipinski definition) is 17. The lowest BCUT2D eigenvalue weighted by Gasteiger charge is -2.30. The number of phenolic OH excluding ortho intramolecular Hbond substituents is 1. The first kappa shape index (κ1) is 66.6. The third-order valence-electron chi connectivity index (χ3n) is 11.7. The Morgan fingerprint density at radius 2 is 0.812 bits per heavy atom. The number of amides is 8. The maximum Gasteiger partial charge on any atom is 0.326 e. The molecule has 0 spiro atoms. The molecule has 0 unspecified atom stereocenters. The van der Waals surface area contributed by atoms with Gasteiger partial charge in [-0.25, -0.2) is 4.79 Å². The molecule has 9 atom stereocenters. The molecule has 440 valence electrons. The first-order valence-electron chi connectivity index (χ1n) is 24.1. The zero-order valence-corrected chi connectivity index (χ0v) is 42.2. The van der Waals surface area contributed by atoms with Crippen molar-refractivity contribution in [2.24, 2.45) is 5.73 Å². The van der Waals surface area contributed by atoms with Crippen LogP contribution in [0.1, 0.15) is 89.0 Å². The lowest BCUT2D eigenvalue weighted by molar-refractivity contribution is -0.148. The van der Waals surface area contributed by atoms with E-state index in [4.69, 9.17) is 15.9 Å². The molecule has 1 aliphatic heterocycles. The third-order valence-corrected chi connectivity index (χ3v) is 11.7. The molecule has 0 aliphatic carbocycles. The molecule has 1 aliphatic rings. The number of rotatable bonds is 36. The van der Waals surface area contributed by atoms with Crippen LogP contribution in [0, 0.1) is 0 Å². The van der Waals surface area contributed by atoms with Crippen molar-refractivity contribution in [3.05, 3.63) is 29.8 Å². The molecule has 1 aromatic carbocycles. The molecule has 1 saturated heterocycles. The average Bonchev–Trinajstić information content (AvgIpc) is 3.86. The number of nitrogens with one attached hydrogen (secondary N) is 7. The van der Waals surface area contributed by atoms with E-state index in [-0.39, 0.29) is 30.7 Å². The number of hydrogen-bond acceptors (Lipinski definition) is 18. The number of carboxylic acid groups (broad SMARTS) is 8. The van der Waals surface area contributed by atoms with E-state index in [9.17, 15) is 112 Å². The summed E-state index contributed by atoms with van der Waals surface area (Å²) in [5, 5.41) is 99.7. The van der Waals surface area contributed by atoms with Crippen LogP contribution in [0.3, 0.4) is 0 Å². The Kier molecular flexibility index (Phi) is 26.9. The van der Waals surface area contributed by atoms with Gasteiger partial charge >= 0.3 is 47.8 Å². The van der Waals surface area contributed by atoms with Gasteiger partial charge in [-0.05, 0) is 56.2 Å². The maximum atomic E-state index is 14.3. The minimum Gasteiger partial charge on any atom is -0.508 e. The van der Waals surface area contributed by atoms with Crippen LogP contribution in [0.5, 0.6) is 5.75 Å². The van der Waals surface area contributed by atoms with E-state index in [1.165, 1.54) is 12.1 Å². The molecule has 1 fully saturated rings. The van der Waals surface area contributed by atoms with Crippen LogP contribution >= 0.6 is 0 Å². The smallest absolute Gasteiger partial charge is 0.326 e. The molecule has 34 nitrogen and oxygen atoms in total.